The lowest BCUT2D eigenvalue weighted by molar-refractivity contribution is -0.117. The molecule has 4 aliphatic heterocycles. The highest BCUT2D eigenvalue weighted by Crippen LogP contribution is 2.66. The molecule has 18 atom stereocenters. The Kier molecular flexibility index (Phi) is 16.8. The van der Waals surface area contributed by atoms with E-state index >= 15 is 0 Å². The average molecular weight is 1070 g/mol. The number of ketones is 2. The fraction of sp³-hybridized carbons (Fsp3) is 0.836. The second-order valence-corrected chi connectivity index (χ2v) is 29.3. The second kappa shape index (κ2) is 21.9. The van der Waals surface area contributed by atoms with Crippen LogP contribution in [0.25, 0.3) is 0 Å². The van der Waals surface area contributed by atoms with Crippen LogP contribution in [0, 0.1) is 70.0 Å². The number of carbonyl (C=O) groups excluding carboxylic acids is 3. The van der Waals surface area contributed by atoms with E-state index in [0.29, 0.717) is 71.8 Å². The molecule has 4 heterocycles. The molecule has 8 aliphatic carbocycles. The van der Waals surface area contributed by atoms with Crippen molar-refractivity contribution in [1.29, 1.82) is 0 Å². The molecule has 432 valence electrons. The van der Waals surface area contributed by atoms with Crippen LogP contribution in [0.3, 0.4) is 0 Å². The van der Waals surface area contributed by atoms with Gasteiger partial charge in [-0.3, -0.25) is 19.4 Å². The Morgan fingerprint density at radius 3 is 1.56 bits per heavy atom. The highest BCUT2D eigenvalue weighted by atomic mass is 16.6. The van der Waals surface area contributed by atoms with Crippen LogP contribution in [0.2, 0.25) is 0 Å². The number of nitrogens with two attached hydrogens (primary N) is 1. The number of fused-ring (bicyclic) bond motifs is 12. The maximum atomic E-state index is 12.3. The predicted molar refractivity (Wildman–Crippen MR) is 311 cm³/mol. The van der Waals surface area contributed by atoms with Gasteiger partial charge < -0.3 is 25.3 Å². The Morgan fingerprint density at radius 2 is 1.13 bits per heavy atom. The van der Waals surface area contributed by atoms with Crippen molar-refractivity contribution in [3.8, 4) is 0 Å². The van der Waals surface area contributed by atoms with Gasteiger partial charge in [0.2, 0.25) is 0 Å². The van der Waals surface area contributed by atoms with Gasteiger partial charge in [-0.2, -0.15) is 0 Å². The van der Waals surface area contributed by atoms with E-state index in [1.165, 1.54) is 69.1 Å². The molecular weight excluding hydrogens is 957 g/mol. The zero-order valence-corrected chi connectivity index (χ0v) is 48.6. The smallest absolute Gasteiger partial charge is 0.407 e. The Labute approximate surface area is 467 Å². The second-order valence-electron chi connectivity index (χ2n) is 29.3. The van der Waals surface area contributed by atoms with E-state index in [1.807, 2.05) is 32.9 Å². The SMILES string of the molecule is C.C.CC1=C2C[C@H]3[C@@H](CCC4=CC(=O)CC[C@@]43C)[C@@H]2CC[C@@]2(C1)O[C@@H]1C[C@H](C)CN(CCN)[C@H]1[C@H]2C.CC1=C2C[C@H]3[C@@H](CCC4=CC(=O)CC[C@@]43C)[C@@H]2CC[C@@]2(C1)O[C@@H]1C[C@H](C)CN(CCNC(=O)OC(C)(C)C)[C@H]1[C@H]2C. The largest absolute Gasteiger partial charge is 0.444 e. The van der Waals surface area contributed by atoms with Crippen LogP contribution in [-0.2, 0) is 23.8 Å². The number of hydrogen-bond acceptors (Lipinski definition) is 9. The molecule has 4 saturated carbocycles. The van der Waals surface area contributed by atoms with Crippen molar-refractivity contribution < 1.29 is 28.6 Å². The van der Waals surface area contributed by atoms with Crippen molar-refractivity contribution in [3.63, 3.8) is 0 Å². The number of nitrogens with one attached hydrogen (secondary N) is 1. The van der Waals surface area contributed by atoms with Crippen molar-refractivity contribution in [2.24, 2.45) is 75.7 Å². The van der Waals surface area contributed by atoms with E-state index in [-0.39, 0.29) is 49.1 Å². The molecule has 0 aromatic heterocycles. The van der Waals surface area contributed by atoms with Crippen LogP contribution in [0.1, 0.15) is 207 Å². The summed E-state index contributed by atoms with van der Waals surface area (Å²) in [6.07, 6.45) is 24.6. The molecule has 10 heteroatoms. The molecule has 4 saturated heterocycles. The molecule has 0 aromatic carbocycles. The number of hydrogen-bond donors (Lipinski definition) is 2. The quantitative estimate of drug-likeness (QED) is 0.259. The summed E-state index contributed by atoms with van der Waals surface area (Å²) in [5, 5.41) is 2.99. The van der Waals surface area contributed by atoms with Gasteiger partial charge in [-0.05, 0) is 208 Å². The van der Waals surface area contributed by atoms with Gasteiger partial charge in [0.05, 0.1) is 23.4 Å². The molecule has 12 rings (SSSR count). The van der Waals surface area contributed by atoms with Gasteiger partial charge in [-0.25, -0.2) is 4.79 Å². The third-order valence-electron chi connectivity index (χ3n) is 23.8. The maximum Gasteiger partial charge on any atom is 0.407 e. The molecule has 0 radical (unpaired) electrons. The maximum absolute atomic E-state index is 12.3. The van der Waals surface area contributed by atoms with Crippen LogP contribution in [0.4, 0.5) is 4.79 Å². The zero-order valence-electron chi connectivity index (χ0n) is 48.6. The monoisotopic (exact) mass is 1060 g/mol. The van der Waals surface area contributed by atoms with Gasteiger partial charge in [-0.15, -0.1) is 0 Å². The number of nitrogens with zero attached hydrogens (tertiary/aromatic N) is 2. The number of allylic oxidation sites excluding steroid dienone is 6. The topological polar surface area (TPSA) is 123 Å². The Hall–Kier alpha value is -2.63. The van der Waals surface area contributed by atoms with Crippen LogP contribution in [0.5, 0.6) is 0 Å². The molecule has 0 unspecified atom stereocenters. The number of carbonyl (C=O) groups is 3. The molecule has 8 fully saturated rings. The Morgan fingerprint density at radius 1 is 0.688 bits per heavy atom. The van der Waals surface area contributed by atoms with E-state index < -0.39 is 5.60 Å². The van der Waals surface area contributed by atoms with E-state index in [4.69, 9.17) is 19.9 Å². The van der Waals surface area contributed by atoms with Crippen LogP contribution in [-0.4, -0.2) is 108 Å². The third-order valence-corrected chi connectivity index (χ3v) is 23.8. The fourth-order valence-electron chi connectivity index (χ4n) is 20.3. The molecule has 12 aliphatic rings. The number of ether oxygens (including phenoxy) is 3. The molecule has 77 heavy (non-hydrogen) atoms. The highest BCUT2D eigenvalue weighted by molar-refractivity contribution is 5.92. The summed E-state index contributed by atoms with van der Waals surface area (Å²) in [4.78, 5) is 42.0. The standard InChI is InChI=1S/C35H54N2O4.C30H46N2O2.2CH4/c1-21-16-30-31(37(20-21)15-14-36-32(39)41-33(4,5)6)23(3)35(40-30)13-11-26-27-9-8-24-17-25(38)10-12-34(24,7)29(27)18-28(26)22(2)19-35;1-18-13-27-28(32(17-18)12-11-31)20(3)30(34-27)10-8-23-24-6-5-21-14-22(33)7-9-29(21,4)26(24)15-25(23)19(2)16-30;;/h17,21,23,26-27,29-31H,8-16,18-20H2,1-7H3,(H,36,39);14,18,20,23-24,26-28H,5-13,15-17,31H2,1-4H3;2*1H4/t21-,23+,26-,27-,29-,30+,31-,34-,35-;18-,20+,23-,24-,26-,27+,28-,29-,30-;;/m00../s1. The summed E-state index contributed by atoms with van der Waals surface area (Å²) >= 11 is 0. The molecule has 1 amide bonds. The molecule has 0 bridgehead atoms. The van der Waals surface area contributed by atoms with Gasteiger partial charge in [0.1, 0.15) is 5.60 Å². The van der Waals surface area contributed by atoms with Gasteiger partial charge in [0.15, 0.2) is 11.6 Å². The summed E-state index contributed by atoms with van der Waals surface area (Å²) in [5.74, 6) is 7.38. The lowest BCUT2D eigenvalue weighted by Gasteiger charge is -2.48. The molecule has 0 aromatic rings. The first kappa shape index (κ1) is 59.0. The Balaban J connectivity index is 0.000000186. The van der Waals surface area contributed by atoms with Crippen LogP contribution in [0.15, 0.2) is 45.6 Å². The first-order valence-electron chi connectivity index (χ1n) is 30.9. The minimum absolute atomic E-state index is 0. The van der Waals surface area contributed by atoms with Crippen molar-refractivity contribution in [3.05, 3.63) is 45.6 Å². The number of likely N-dealkylation sites (tertiary alicyclic amines) is 2. The number of rotatable bonds is 5. The van der Waals surface area contributed by atoms with Crippen molar-refractivity contribution in [2.75, 3.05) is 39.3 Å². The first-order valence-corrected chi connectivity index (χ1v) is 30.9. The lowest BCUT2D eigenvalue weighted by Crippen LogP contribution is -2.53. The number of piperidine rings is 2. The average Bonchev–Trinajstić information content (AvgIpc) is 4.06. The Bertz CT molecular complexity index is 2380. The number of amides is 1. The summed E-state index contributed by atoms with van der Waals surface area (Å²) < 4.78 is 19.9. The summed E-state index contributed by atoms with van der Waals surface area (Å²) in [6, 6.07) is 0.931. The normalized spacial score (nSPS) is 44.3. The third kappa shape index (κ3) is 10.4. The van der Waals surface area contributed by atoms with E-state index in [0.717, 1.165) is 114 Å². The van der Waals surface area contributed by atoms with Crippen molar-refractivity contribution in [2.45, 2.75) is 248 Å². The molecule has 2 spiro atoms. The number of alkyl carbamates (subject to hydrolysis) is 1. The van der Waals surface area contributed by atoms with Gasteiger partial charge >= 0.3 is 6.09 Å². The van der Waals surface area contributed by atoms with Crippen LogP contribution < -0.4 is 11.1 Å². The van der Waals surface area contributed by atoms with E-state index in [2.05, 4.69) is 70.5 Å². The summed E-state index contributed by atoms with van der Waals surface area (Å²) in [5.41, 5.74) is 15.6. The van der Waals surface area contributed by atoms with Crippen molar-refractivity contribution in [1.82, 2.24) is 15.1 Å². The van der Waals surface area contributed by atoms with Gasteiger partial charge in [-0.1, -0.05) is 89.8 Å². The first-order chi connectivity index (χ1) is 35.5. The zero-order chi connectivity index (χ0) is 53.1. The lowest BCUT2D eigenvalue weighted by atomic mass is 9.56. The van der Waals surface area contributed by atoms with E-state index in [9.17, 15) is 14.4 Å². The minimum Gasteiger partial charge on any atom is -0.444 e. The minimum atomic E-state index is -0.483. The highest BCUT2D eigenvalue weighted by Gasteiger charge is 2.62. The van der Waals surface area contributed by atoms with Gasteiger partial charge in [0, 0.05) is 76.0 Å². The molecule has 10 nitrogen and oxygen atoms in total. The fourth-order valence-corrected chi connectivity index (χ4v) is 20.3. The van der Waals surface area contributed by atoms with Crippen molar-refractivity contribution >= 4 is 17.7 Å². The van der Waals surface area contributed by atoms with E-state index in [1.54, 1.807) is 22.3 Å². The summed E-state index contributed by atoms with van der Waals surface area (Å²) in [7, 11) is 0. The molecular formula is C67H108N4O6. The predicted octanol–water partition coefficient (Wildman–Crippen LogP) is 13.4. The van der Waals surface area contributed by atoms with Crippen LogP contribution >= 0.6 is 0 Å². The van der Waals surface area contributed by atoms with Gasteiger partial charge in [0.25, 0.3) is 0 Å². The summed E-state index contributed by atoms with van der Waals surface area (Å²) in [6.45, 7) is 30.6. The molecule has 3 N–H and O–H groups in total.